The number of ether oxygens (including phenoxy) is 1. The molecule has 1 N–H and O–H groups in total. The molecule has 0 aliphatic heterocycles. The smallest absolute Gasteiger partial charge is 0.305 e. The SMILES string of the molecule is COC(=O)CCc1cc(N=Nc2ccccc2Cl)c(O)c(C(C)(C)C)c1. The highest BCUT2D eigenvalue weighted by Gasteiger charge is 2.22. The van der Waals surface area contributed by atoms with E-state index in [9.17, 15) is 9.90 Å². The Morgan fingerprint density at radius 3 is 2.42 bits per heavy atom. The molecule has 0 radical (unpaired) electrons. The van der Waals surface area contributed by atoms with E-state index in [0.29, 0.717) is 22.8 Å². The number of phenols is 1. The van der Waals surface area contributed by atoms with Gasteiger partial charge in [0.1, 0.15) is 17.1 Å². The Balaban J connectivity index is 2.43. The van der Waals surface area contributed by atoms with E-state index in [0.717, 1.165) is 11.1 Å². The number of halogens is 1. The third-order valence-corrected chi connectivity index (χ3v) is 4.24. The number of hydrogen-bond acceptors (Lipinski definition) is 5. The van der Waals surface area contributed by atoms with Crippen molar-refractivity contribution in [1.29, 1.82) is 0 Å². The molecule has 26 heavy (non-hydrogen) atoms. The van der Waals surface area contributed by atoms with Crippen molar-refractivity contribution in [3.63, 3.8) is 0 Å². The van der Waals surface area contributed by atoms with Crippen LogP contribution in [0, 0.1) is 0 Å². The number of phenolic OH excluding ortho intramolecular Hbond substituents is 1. The van der Waals surface area contributed by atoms with Gasteiger partial charge in [-0.1, -0.05) is 50.6 Å². The lowest BCUT2D eigenvalue weighted by atomic mass is 9.84. The van der Waals surface area contributed by atoms with Crippen molar-refractivity contribution in [2.75, 3.05) is 7.11 Å². The lowest BCUT2D eigenvalue weighted by molar-refractivity contribution is -0.140. The summed E-state index contributed by atoms with van der Waals surface area (Å²) in [4.78, 5) is 11.4. The number of aromatic hydroxyl groups is 1. The largest absolute Gasteiger partial charge is 0.505 e. The van der Waals surface area contributed by atoms with E-state index in [1.807, 2.05) is 39.0 Å². The van der Waals surface area contributed by atoms with Gasteiger partial charge < -0.3 is 9.84 Å². The maximum absolute atomic E-state index is 11.4. The third kappa shape index (κ3) is 5.05. The van der Waals surface area contributed by atoms with Gasteiger partial charge >= 0.3 is 5.97 Å². The van der Waals surface area contributed by atoms with Gasteiger partial charge in [0.15, 0.2) is 0 Å². The van der Waals surface area contributed by atoms with Gasteiger partial charge in [-0.05, 0) is 35.6 Å². The predicted octanol–water partition coefficient (Wildman–Crippen LogP) is 5.86. The van der Waals surface area contributed by atoms with Gasteiger partial charge in [0.25, 0.3) is 0 Å². The monoisotopic (exact) mass is 374 g/mol. The van der Waals surface area contributed by atoms with Crippen molar-refractivity contribution in [1.82, 2.24) is 0 Å². The average molecular weight is 375 g/mol. The van der Waals surface area contributed by atoms with Gasteiger partial charge in [0, 0.05) is 12.0 Å². The lowest BCUT2D eigenvalue weighted by Gasteiger charge is -2.22. The lowest BCUT2D eigenvalue weighted by Crippen LogP contribution is -2.12. The van der Waals surface area contributed by atoms with Gasteiger partial charge in [-0.3, -0.25) is 4.79 Å². The van der Waals surface area contributed by atoms with Crippen LogP contribution in [0.5, 0.6) is 5.75 Å². The van der Waals surface area contributed by atoms with Crippen LogP contribution in [-0.4, -0.2) is 18.2 Å². The second-order valence-corrected chi connectivity index (χ2v) is 7.40. The minimum atomic E-state index is -0.292. The minimum Gasteiger partial charge on any atom is -0.505 e. The number of benzene rings is 2. The number of carbonyl (C=O) groups excluding carboxylic acids is 1. The summed E-state index contributed by atoms with van der Waals surface area (Å²) < 4.78 is 4.70. The van der Waals surface area contributed by atoms with Gasteiger partial charge in [-0.25, -0.2) is 0 Å². The zero-order valence-electron chi connectivity index (χ0n) is 15.4. The van der Waals surface area contributed by atoms with Crippen LogP contribution in [0.1, 0.15) is 38.3 Å². The molecule has 6 heteroatoms. The van der Waals surface area contributed by atoms with Crippen LogP contribution < -0.4 is 0 Å². The molecule has 2 rings (SSSR count). The van der Waals surface area contributed by atoms with Gasteiger partial charge in [0.05, 0.1) is 12.1 Å². The Morgan fingerprint density at radius 2 is 1.81 bits per heavy atom. The number of hydrogen-bond donors (Lipinski definition) is 1. The number of carbonyl (C=O) groups is 1. The Labute approximate surface area is 158 Å². The molecule has 0 unspecified atom stereocenters. The molecule has 0 aromatic heterocycles. The Morgan fingerprint density at radius 1 is 1.15 bits per heavy atom. The number of nitrogens with zero attached hydrogens (tertiary/aromatic N) is 2. The molecule has 0 atom stereocenters. The summed E-state index contributed by atoms with van der Waals surface area (Å²) >= 11 is 6.10. The fraction of sp³-hybridized carbons (Fsp3) is 0.350. The zero-order valence-corrected chi connectivity index (χ0v) is 16.2. The predicted molar refractivity (Wildman–Crippen MR) is 103 cm³/mol. The summed E-state index contributed by atoms with van der Waals surface area (Å²) in [7, 11) is 1.36. The topological polar surface area (TPSA) is 71.2 Å². The molecule has 0 saturated carbocycles. The normalized spacial score (nSPS) is 11.7. The molecule has 0 amide bonds. The summed E-state index contributed by atoms with van der Waals surface area (Å²) in [6.45, 7) is 6.00. The summed E-state index contributed by atoms with van der Waals surface area (Å²) in [6, 6.07) is 10.7. The third-order valence-electron chi connectivity index (χ3n) is 3.92. The quantitative estimate of drug-likeness (QED) is 0.526. The molecular formula is C20H23ClN2O3. The Bertz CT molecular complexity index is 826. The van der Waals surface area contributed by atoms with Crippen LogP contribution in [0.4, 0.5) is 11.4 Å². The zero-order chi connectivity index (χ0) is 19.3. The van der Waals surface area contributed by atoms with E-state index in [4.69, 9.17) is 16.3 Å². The van der Waals surface area contributed by atoms with Crippen molar-refractivity contribution < 1.29 is 14.6 Å². The Kier molecular flexibility index (Phi) is 6.37. The molecule has 0 aliphatic carbocycles. The van der Waals surface area contributed by atoms with Gasteiger partial charge in [-0.2, -0.15) is 0 Å². The van der Waals surface area contributed by atoms with E-state index in [1.165, 1.54) is 7.11 Å². The maximum Gasteiger partial charge on any atom is 0.305 e. The fourth-order valence-corrected chi connectivity index (χ4v) is 2.63. The first-order valence-corrected chi connectivity index (χ1v) is 8.69. The van der Waals surface area contributed by atoms with Crippen molar-refractivity contribution in [2.24, 2.45) is 10.2 Å². The number of azo groups is 1. The molecule has 5 nitrogen and oxygen atoms in total. The molecule has 2 aromatic rings. The van der Waals surface area contributed by atoms with Crippen LogP contribution in [0.2, 0.25) is 5.02 Å². The van der Waals surface area contributed by atoms with Crippen LogP contribution in [-0.2, 0) is 21.4 Å². The van der Waals surface area contributed by atoms with Gasteiger partial charge in [0.2, 0.25) is 0 Å². The molecule has 0 fully saturated rings. The van der Waals surface area contributed by atoms with E-state index in [1.54, 1.807) is 18.2 Å². The highest BCUT2D eigenvalue weighted by Crippen LogP contribution is 2.40. The minimum absolute atomic E-state index is 0.0788. The molecule has 0 heterocycles. The number of rotatable bonds is 5. The van der Waals surface area contributed by atoms with E-state index in [2.05, 4.69) is 10.2 Å². The molecular weight excluding hydrogens is 352 g/mol. The summed E-state index contributed by atoms with van der Waals surface area (Å²) in [6.07, 6.45) is 0.747. The van der Waals surface area contributed by atoms with Crippen molar-refractivity contribution >= 4 is 28.9 Å². The highest BCUT2D eigenvalue weighted by atomic mass is 35.5. The van der Waals surface area contributed by atoms with Crippen LogP contribution in [0.25, 0.3) is 0 Å². The second kappa shape index (κ2) is 8.32. The number of methoxy groups -OCH3 is 1. The fourth-order valence-electron chi connectivity index (χ4n) is 2.46. The molecule has 0 saturated heterocycles. The Hall–Kier alpha value is -2.40. The standard InChI is InChI=1S/C20H23ClN2O3/c1-20(2,3)14-11-13(9-10-18(24)26-4)12-17(19(14)25)23-22-16-8-6-5-7-15(16)21/h5-8,11-12,25H,9-10H2,1-4H3. The summed E-state index contributed by atoms with van der Waals surface area (Å²) in [5.74, 6) is -0.204. The first-order chi connectivity index (χ1) is 12.2. The van der Waals surface area contributed by atoms with Crippen LogP contribution in [0.3, 0.4) is 0 Å². The second-order valence-electron chi connectivity index (χ2n) is 6.99. The first-order valence-electron chi connectivity index (χ1n) is 8.32. The summed E-state index contributed by atoms with van der Waals surface area (Å²) in [5.41, 5.74) is 2.20. The van der Waals surface area contributed by atoms with Crippen LogP contribution in [0.15, 0.2) is 46.6 Å². The highest BCUT2D eigenvalue weighted by molar-refractivity contribution is 6.32. The van der Waals surface area contributed by atoms with Crippen molar-refractivity contribution in [2.45, 2.75) is 39.0 Å². The average Bonchev–Trinajstić information content (AvgIpc) is 2.59. The first kappa shape index (κ1) is 19.9. The number of esters is 1. The van der Waals surface area contributed by atoms with E-state index in [-0.39, 0.29) is 23.6 Å². The number of aryl methyl sites for hydroxylation is 1. The van der Waals surface area contributed by atoms with Crippen molar-refractivity contribution in [3.8, 4) is 5.75 Å². The van der Waals surface area contributed by atoms with Crippen molar-refractivity contribution in [3.05, 3.63) is 52.5 Å². The van der Waals surface area contributed by atoms with Gasteiger partial charge in [-0.15, -0.1) is 10.2 Å². The summed E-state index contributed by atoms with van der Waals surface area (Å²) in [5, 5.41) is 19.5. The van der Waals surface area contributed by atoms with Crippen LogP contribution >= 0.6 is 11.6 Å². The molecule has 2 aromatic carbocycles. The maximum atomic E-state index is 11.4. The molecule has 0 bridgehead atoms. The molecule has 0 spiro atoms. The molecule has 0 aliphatic rings. The van der Waals surface area contributed by atoms with E-state index >= 15 is 0 Å². The molecule has 138 valence electrons. The van der Waals surface area contributed by atoms with E-state index < -0.39 is 0 Å².